The van der Waals surface area contributed by atoms with Crippen LogP contribution in [0.1, 0.15) is 17.2 Å². The van der Waals surface area contributed by atoms with Crippen LogP contribution in [0.4, 0.5) is 0 Å². The number of amides is 1. The molecule has 0 atom stereocenters. The number of rotatable bonds is 7. The summed E-state index contributed by atoms with van der Waals surface area (Å²) in [7, 11) is 0. The number of aromatic nitrogens is 1. The van der Waals surface area contributed by atoms with Gasteiger partial charge < -0.3 is 9.32 Å². The topological polar surface area (TPSA) is 49.6 Å². The zero-order chi connectivity index (χ0) is 22.5. The van der Waals surface area contributed by atoms with Crippen LogP contribution in [0.15, 0.2) is 82.6 Å². The monoisotopic (exact) mass is 457 g/mol. The van der Waals surface area contributed by atoms with Gasteiger partial charge in [0.1, 0.15) is 5.69 Å². The fraction of sp³-hybridized carbons (Fsp3) is 0.259. The van der Waals surface area contributed by atoms with Crippen molar-refractivity contribution in [3.63, 3.8) is 0 Å². The van der Waals surface area contributed by atoms with Gasteiger partial charge in [0, 0.05) is 61.6 Å². The first-order valence-corrected chi connectivity index (χ1v) is 12.3. The molecule has 3 heterocycles. The third kappa shape index (κ3) is 5.24. The van der Waals surface area contributed by atoms with Crippen LogP contribution in [0.25, 0.3) is 22.6 Å². The molecule has 1 aliphatic heterocycles. The molecule has 2 aromatic carbocycles. The van der Waals surface area contributed by atoms with Gasteiger partial charge in [0.15, 0.2) is 11.7 Å². The summed E-state index contributed by atoms with van der Waals surface area (Å²) in [5.74, 6) is 1.54. The van der Waals surface area contributed by atoms with Gasteiger partial charge in [-0.3, -0.25) is 9.69 Å². The molecular formula is C27H27N3O2S. The van der Waals surface area contributed by atoms with Crippen LogP contribution < -0.4 is 0 Å². The smallest absolute Gasteiger partial charge is 0.223 e. The highest BCUT2D eigenvalue weighted by Gasteiger charge is 2.23. The second-order valence-corrected chi connectivity index (χ2v) is 9.29. The van der Waals surface area contributed by atoms with E-state index in [4.69, 9.17) is 9.40 Å². The molecule has 0 aliphatic carbocycles. The van der Waals surface area contributed by atoms with Gasteiger partial charge in [-0.15, -0.1) is 11.3 Å². The molecule has 1 fully saturated rings. The molecule has 0 radical (unpaired) electrons. The summed E-state index contributed by atoms with van der Waals surface area (Å²) in [4.78, 5) is 23.4. The lowest BCUT2D eigenvalue weighted by Crippen LogP contribution is -2.48. The number of nitrogens with zero attached hydrogens (tertiary/aromatic N) is 3. The van der Waals surface area contributed by atoms with E-state index >= 15 is 0 Å². The quantitative estimate of drug-likeness (QED) is 0.376. The number of aryl methyl sites for hydroxylation is 1. The Morgan fingerprint density at radius 2 is 1.58 bits per heavy atom. The summed E-state index contributed by atoms with van der Waals surface area (Å²) in [6.45, 7) is 4.36. The van der Waals surface area contributed by atoms with E-state index in [1.165, 1.54) is 4.88 Å². The lowest BCUT2D eigenvalue weighted by molar-refractivity contribution is -0.133. The van der Waals surface area contributed by atoms with Crippen molar-refractivity contribution in [2.75, 3.05) is 26.2 Å². The minimum atomic E-state index is 0.173. The van der Waals surface area contributed by atoms with Crippen molar-refractivity contribution >= 4 is 17.2 Å². The first kappa shape index (κ1) is 21.6. The number of piperazine rings is 1. The van der Waals surface area contributed by atoms with Gasteiger partial charge in [0.2, 0.25) is 5.91 Å². The van der Waals surface area contributed by atoms with Gasteiger partial charge in [-0.25, -0.2) is 4.98 Å². The van der Waals surface area contributed by atoms with Crippen LogP contribution in [-0.4, -0.2) is 46.9 Å². The minimum absolute atomic E-state index is 0.173. The molecule has 0 unspecified atom stereocenters. The van der Waals surface area contributed by atoms with Gasteiger partial charge >= 0.3 is 0 Å². The van der Waals surface area contributed by atoms with Gasteiger partial charge in [-0.05, 0) is 11.4 Å². The van der Waals surface area contributed by atoms with Gasteiger partial charge in [0.25, 0.3) is 0 Å². The van der Waals surface area contributed by atoms with Crippen molar-refractivity contribution in [3.05, 3.63) is 88.9 Å². The molecule has 168 valence electrons. The standard InChI is InChI=1S/C27H27N3O2S/c31-25(30-17-15-29(16-18-30)20-23-12-7-19-33-23)14-13-24-28-26(21-8-3-1-4-9-21)27(32-24)22-10-5-2-6-11-22/h1-12,19H,13-18,20H2. The zero-order valence-corrected chi connectivity index (χ0v) is 19.3. The Morgan fingerprint density at radius 3 is 2.24 bits per heavy atom. The van der Waals surface area contributed by atoms with Crippen LogP contribution in [0.5, 0.6) is 0 Å². The third-order valence-corrected chi connectivity index (χ3v) is 6.85. The lowest BCUT2D eigenvalue weighted by Gasteiger charge is -2.34. The van der Waals surface area contributed by atoms with Gasteiger partial charge in [0.05, 0.1) is 0 Å². The summed E-state index contributed by atoms with van der Waals surface area (Å²) in [5, 5.41) is 2.12. The average molecular weight is 458 g/mol. The van der Waals surface area contributed by atoms with Crippen LogP contribution in [0.2, 0.25) is 0 Å². The summed E-state index contributed by atoms with van der Waals surface area (Å²) in [6, 6.07) is 24.4. The zero-order valence-electron chi connectivity index (χ0n) is 18.5. The maximum atomic E-state index is 12.9. The third-order valence-electron chi connectivity index (χ3n) is 5.99. The predicted octanol–water partition coefficient (Wildman–Crippen LogP) is 5.35. The van der Waals surface area contributed by atoms with Crippen molar-refractivity contribution in [1.82, 2.24) is 14.8 Å². The van der Waals surface area contributed by atoms with E-state index < -0.39 is 0 Å². The fourth-order valence-electron chi connectivity index (χ4n) is 4.20. The van der Waals surface area contributed by atoms with Gasteiger partial charge in [-0.2, -0.15) is 0 Å². The Labute approximate surface area is 198 Å². The molecular weight excluding hydrogens is 430 g/mol. The highest BCUT2D eigenvalue weighted by Crippen LogP contribution is 2.32. The predicted molar refractivity (Wildman–Crippen MR) is 132 cm³/mol. The van der Waals surface area contributed by atoms with E-state index in [9.17, 15) is 4.79 Å². The Kier molecular flexibility index (Phi) is 6.65. The molecule has 1 amide bonds. The molecule has 5 nitrogen and oxygen atoms in total. The minimum Gasteiger partial charge on any atom is -0.440 e. The summed E-state index contributed by atoms with van der Waals surface area (Å²) >= 11 is 1.79. The van der Waals surface area contributed by atoms with Crippen LogP contribution in [-0.2, 0) is 17.8 Å². The van der Waals surface area contributed by atoms with E-state index in [0.29, 0.717) is 18.7 Å². The summed E-state index contributed by atoms with van der Waals surface area (Å²) in [5.41, 5.74) is 2.83. The molecule has 0 N–H and O–H groups in total. The van der Waals surface area contributed by atoms with E-state index in [2.05, 4.69) is 22.4 Å². The second-order valence-electron chi connectivity index (χ2n) is 8.25. The maximum Gasteiger partial charge on any atom is 0.223 e. The Balaban J connectivity index is 1.23. The SMILES string of the molecule is O=C(CCc1nc(-c2ccccc2)c(-c2ccccc2)o1)N1CCN(Cc2cccs2)CC1. The van der Waals surface area contributed by atoms with E-state index in [1.807, 2.05) is 65.6 Å². The Bertz CT molecular complexity index is 1110. The van der Waals surface area contributed by atoms with Gasteiger partial charge in [-0.1, -0.05) is 66.7 Å². The van der Waals surface area contributed by atoms with E-state index in [0.717, 1.165) is 55.3 Å². The maximum absolute atomic E-state index is 12.9. The molecule has 0 spiro atoms. The number of carbonyl (C=O) groups is 1. The number of carbonyl (C=O) groups excluding carboxylic acids is 1. The van der Waals surface area contributed by atoms with Crippen LogP contribution in [0, 0.1) is 0 Å². The number of hydrogen-bond acceptors (Lipinski definition) is 5. The number of oxazole rings is 1. The van der Waals surface area contributed by atoms with Crippen molar-refractivity contribution in [2.45, 2.75) is 19.4 Å². The van der Waals surface area contributed by atoms with Crippen LogP contribution in [0.3, 0.4) is 0 Å². The van der Waals surface area contributed by atoms with Crippen molar-refractivity contribution < 1.29 is 9.21 Å². The second kappa shape index (κ2) is 10.1. The molecule has 1 aliphatic rings. The highest BCUT2D eigenvalue weighted by atomic mass is 32.1. The normalized spacial score (nSPS) is 14.5. The van der Waals surface area contributed by atoms with Crippen molar-refractivity contribution in [2.24, 2.45) is 0 Å². The Hall–Kier alpha value is -3.22. The average Bonchev–Trinajstić information content (AvgIpc) is 3.54. The number of thiophene rings is 1. The number of benzene rings is 2. The van der Waals surface area contributed by atoms with Crippen molar-refractivity contribution in [1.29, 1.82) is 0 Å². The van der Waals surface area contributed by atoms with Crippen molar-refractivity contribution in [3.8, 4) is 22.6 Å². The molecule has 0 bridgehead atoms. The largest absolute Gasteiger partial charge is 0.440 e. The molecule has 6 heteroatoms. The van der Waals surface area contributed by atoms with E-state index in [1.54, 1.807) is 11.3 Å². The number of hydrogen-bond donors (Lipinski definition) is 0. The lowest BCUT2D eigenvalue weighted by atomic mass is 10.1. The Morgan fingerprint density at radius 1 is 0.879 bits per heavy atom. The molecule has 1 saturated heterocycles. The fourth-order valence-corrected chi connectivity index (χ4v) is 4.94. The summed E-state index contributed by atoms with van der Waals surface area (Å²) in [6.07, 6.45) is 0.912. The molecule has 2 aromatic heterocycles. The molecule has 4 aromatic rings. The first-order valence-electron chi connectivity index (χ1n) is 11.4. The first-order chi connectivity index (χ1) is 16.3. The highest BCUT2D eigenvalue weighted by molar-refractivity contribution is 7.09. The van der Waals surface area contributed by atoms with Crippen LogP contribution >= 0.6 is 11.3 Å². The van der Waals surface area contributed by atoms with E-state index in [-0.39, 0.29) is 5.91 Å². The molecule has 33 heavy (non-hydrogen) atoms. The molecule has 5 rings (SSSR count). The summed E-state index contributed by atoms with van der Waals surface area (Å²) < 4.78 is 6.18. The molecule has 0 saturated carbocycles.